The molecule has 17 heavy (non-hydrogen) atoms. The van der Waals surface area contributed by atoms with Crippen molar-refractivity contribution in [3.8, 4) is 0 Å². The highest BCUT2D eigenvalue weighted by Crippen LogP contribution is 2.09. The van der Waals surface area contributed by atoms with Crippen molar-refractivity contribution < 1.29 is 23.1 Å². The van der Waals surface area contributed by atoms with Gasteiger partial charge in [0.15, 0.2) is 0 Å². The minimum absolute atomic E-state index is 0.331. The normalized spacial score (nSPS) is 11.8. The molecule has 0 heterocycles. The molecule has 6 heteroatoms. The van der Waals surface area contributed by atoms with E-state index in [9.17, 15) is 18.4 Å². The molecule has 0 aliphatic carbocycles. The fourth-order valence-electron chi connectivity index (χ4n) is 1.18. The Kier molecular flexibility index (Phi) is 4.14. The first kappa shape index (κ1) is 13.1. The van der Waals surface area contributed by atoms with Crippen LogP contribution in [0.5, 0.6) is 0 Å². The number of amides is 1. The number of hydrogen-bond acceptors (Lipinski definition) is 3. The second kappa shape index (κ2) is 5.38. The number of methoxy groups -OCH3 is 1. The van der Waals surface area contributed by atoms with Crippen LogP contribution in [-0.2, 0) is 9.53 Å². The molecule has 1 amide bonds. The number of hydrogen-bond donors (Lipinski definition) is 1. The Morgan fingerprint density at radius 2 is 2.00 bits per heavy atom. The molecule has 0 fully saturated rings. The number of carbonyl (C=O) groups is 2. The third-order valence-electron chi connectivity index (χ3n) is 2.08. The molecule has 0 saturated heterocycles. The molecule has 0 aromatic heterocycles. The van der Waals surface area contributed by atoms with Gasteiger partial charge in [-0.05, 0) is 19.1 Å². The Hall–Kier alpha value is -1.98. The van der Waals surface area contributed by atoms with Crippen LogP contribution in [0.3, 0.4) is 0 Å². The Bertz CT molecular complexity index is 448. The summed E-state index contributed by atoms with van der Waals surface area (Å²) in [5.74, 6) is -3.22. The maximum atomic E-state index is 13.2. The standard InChI is InChI=1S/C11H11F2NO3/c1-6(11(16)17-2)14-10(15)8-4-3-7(12)5-9(8)13/h3-6H,1-2H3,(H,14,15). The summed E-state index contributed by atoms with van der Waals surface area (Å²) in [7, 11) is 1.17. The van der Waals surface area contributed by atoms with Crippen molar-refractivity contribution in [1.82, 2.24) is 5.32 Å². The zero-order chi connectivity index (χ0) is 13.0. The van der Waals surface area contributed by atoms with Gasteiger partial charge in [0.1, 0.15) is 17.7 Å². The van der Waals surface area contributed by atoms with Crippen LogP contribution in [0.4, 0.5) is 8.78 Å². The van der Waals surface area contributed by atoms with E-state index in [1.54, 1.807) is 0 Å². The average molecular weight is 243 g/mol. The number of esters is 1. The van der Waals surface area contributed by atoms with Crippen molar-refractivity contribution in [2.45, 2.75) is 13.0 Å². The van der Waals surface area contributed by atoms with Crippen molar-refractivity contribution in [3.63, 3.8) is 0 Å². The monoisotopic (exact) mass is 243 g/mol. The molecule has 1 rings (SSSR count). The van der Waals surface area contributed by atoms with Gasteiger partial charge in [0.05, 0.1) is 12.7 Å². The molecule has 4 nitrogen and oxygen atoms in total. The van der Waals surface area contributed by atoms with E-state index in [0.717, 1.165) is 12.1 Å². The first-order valence-electron chi connectivity index (χ1n) is 4.79. The number of carbonyl (C=O) groups excluding carboxylic acids is 2. The van der Waals surface area contributed by atoms with Gasteiger partial charge in [-0.2, -0.15) is 0 Å². The Morgan fingerprint density at radius 3 is 2.53 bits per heavy atom. The van der Waals surface area contributed by atoms with E-state index in [2.05, 4.69) is 10.1 Å². The van der Waals surface area contributed by atoms with Gasteiger partial charge < -0.3 is 10.1 Å². The summed E-state index contributed by atoms with van der Waals surface area (Å²) in [4.78, 5) is 22.6. The molecule has 1 unspecified atom stereocenters. The average Bonchev–Trinajstić information content (AvgIpc) is 2.27. The van der Waals surface area contributed by atoms with Crippen LogP contribution >= 0.6 is 0 Å². The fourth-order valence-corrected chi connectivity index (χ4v) is 1.18. The van der Waals surface area contributed by atoms with Crippen molar-refractivity contribution in [2.24, 2.45) is 0 Å². The van der Waals surface area contributed by atoms with Crippen LogP contribution in [0.2, 0.25) is 0 Å². The molecular weight excluding hydrogens is 232 g/mol. The predicted octanol–water partition coefficient (Wildman–Crippen LogP) is 1.26. The first-order chi connectivity index (χ1) is 7.95. The molecule has 1 aromatic rings. The predicted molar refractivity (Wildman–Crippen MR) is 55.3 cm³/mol. The number of halogens is 2. The summed E-state index contributed by atoms with van der Waals surface area (Å²) in [6.07, 6.45) is 0. The Morgan fingerprint density at radius 1 is 1.35 bits per heavy atom. The van der Waals surface area contributed by atoms with E-state index in [1.165, 1.54) is 14.0 Å². The minimum atomic E-state index is -0.987. The summed E-state index contributed by atoms with van der Waals surface area (Å²) in [6.45, 7) is 1.39. The number of rotatable bonds is 3. The minimum Gasteiger partial charge on any atom is -0.467 e. The van der Waals surface area contributed by atoms with E-state index >= 15 is 0 Å². The van der Waals surface area contributed by atoms with Crippen LogP contribution in [0.1, 0.15) is 17.3 Å². The van der Waals surface area contributed by atoms with Crippen molar-refractivity contribution in [2.75, 3.05) is 7.11 Å². The Balaban J connectivity index is 2.80. The van der Waals surface area contributed by atoms with Crippen LogP contribution in [0, 0.1) is 11.6 Å². The number of benzene rings is 1. The summed E-state index contributed by atoms with van der Waals surface area (Å²) in [5, 5.41) is 2.23. The SMILES string of the molecule is COC(=O)C(C)NC(=O)c1ccc(F)cc1F. The van der Waals surface area contributed by atoms with Gasteiger partial charge in [-0.15, -0.1) is 0 Å². The highest BCUT2D eigenvalue weighted by atomic mass is 19.1. The van der Waals surface area contributed by atoms with E-state index in [1.807, 2.05) is 0 Å². The lowest BCUT2D eigenvalue weighted by molar-refractivity contribution is -0.142. The van der Waals surface area contributed by atoms with Crippen molar-refractivity contribution >= 4 is 11.9 Å². The Labute approximate surface area is 96.6 Å². The van der Waals surface area contributed by atoms with Gasteiger partial charge in [-0.1, -0.05) is 0 Å². The van der Waals surface area contributed by atoms with Gasteiger partial charge in [-0.25, -0.2) is 13.6 Å². The molecule has 92 valence electrons. The molecule has 1 N–H and O–H groups in total. The lowest BCUT2D eigenvalue weighted by atomic mass is 10.2. The first-order valence-corrected chi connectivity index (χ1v) is 4.79. The highest BCUT2D eigenvalue weighted by molar-refractivity contribution is 5.96. The quantitative estimate of drug-likeness (QED) is 0.813. The van der Waals surface area contributed by atoms with Crippen molar-refractivity contribution in [1.29, 1.82) is 0 Å². The molecular formula is C11H11F2NO3. The smallest absolute Gasteiger partial charge is 0.328 e. The molecule has 0 spiro atoms. The van der Waals surface area contributed by atoms with Gasteiger partial charge in [0, 0.05) is 6.07 Å². The van der Waals surface area contributed by atoms with Gasteiger partial charge in [0.2, 0.25) is 0 Å². The maximum absolute atomic E-state index is 13.2. The molecule has 0 aliphatic rings. The molecule has 1 atom stereocenters. The van der Waals surface area contributed by atoms with Crippen LogP contribution in [0.25, 0.3) is 0 Å². The molecule has 0 saturated carbocycles. The third kappa shape index (κ3) is 3.24. The van der Waals surface area contributed by atoms with E-state index < -0.39 is 29.6 Å². The third-order valence-corrected chi connectivity index (χ3v) is 2.08. The second-order valence-electron chi connectivity index (χ2n) is 3.34. The van der Waals surface area contributed by atoms with E-state index in [4.69, 9.17) is 0 Å². The number of ether oxygens (including phenoxy) is 1. The summed E-state index contributed by atoms with van der Waals surface area (Å²) in [5.41, 5.74) is -0.331. The zero-order valence-electron chi connectivity index (χ0n) is 9.29. The largest absolute Gasteiger partial charge is 0.467 e. The molecule has 0 radical (unpaired) electrons. The van der Waals surface area contributed by atoms with Gasteiger partial charge in [-0.3, -0.25) is 4.79 Å². The zero-order valence-corrected chi connectivity index (χ0v) is 9.29. The van der Waals surface area contributed by atoms with E-state index in [0.29, 0.717) is 6.07 Å². The topological polar surface area (TPSA) is 55.4 Å². The van der Waals surface area contributed by atoms with Gasteiger partial charge >= 0.3 is 5.97 Å². The van der Waals surface area contributed by atoms with Crippen molar-refractivity contribution in [3.05, 3.63) is 35.4 Å². The summed E-state index contributed by atoms with van der Waals surface area (Å²) < 4.78 is 30.2. The summed E-state index contributed by atoms with van der Waals surface area (Å²) >= 11 is 0. The van der Waals surface area contributed by atoms with Crippen LogP contribution in [0.15, 0.2) is 18.2 Å². The fraction of sp³-hybridized carbons (Fsp3) is 0.273. The van der Waals surface area contributed by atoms with Crippen LogP contribution in [-0.4, -0.2) is 25.0 Å². The van der Waals surface area contributed by atoms with E-state index in [-0.39, 0.29) is 5.56 Å². The van der Waals surface area contributed by atoms with Crippen LogP contribution < -0.4 is 5.32 Å². The number of nitrogens with one attached hydrogen (secondary N) is 1. The molecule has 1 aromatic carbocycles. The lowest BCUT2D eigenvalue weighted by Crippen LogP contribution is -2.39. The highest BCUT2D eigenvalue weighted by Gasteiger charge is 2.19. The molecule has 0 bridgehead atoms. The van der Waals surface area contributed by atoms with Gasteiger partial charge in [0.25, 0.3) is 5.91 Å². The maximum Gasteiger partial charge on any atom is 0.328 e. The summed E-state index contributed by atoms with van der Waals surface area (Å²) in [6, 6.07) is 1.65. The lowest BCUT2D eigenvalue weighted by Gasteiger charge is -2.11. The second-order valence-corrected chi connectivity index (χ2v) is 3.34. The molecule has 0 aliphatic heterocycles.